The van der Waals surface area contributed by atoms with Crippen molar-refractivity contribution in [2.75, 3.05) is 0 Å². The molecule has 0 fully saturated rings. The fourth-order valence-electron chi connectivity index (χ4n) is 0.0680. The Labute approximate surface area is 80.5 Å². The van der Waals surface area contributed by atoms with Crippen LogP contribution in [0.25, 0.3) is 0 Å². The highest BCUT2D eigenvalue weighted by molar-refractivity contribution is 7.83. The first kappa shape index (κ1) is 18.2. The average molecular weight is 267 g/mol. The fourth-order valence-corrected chi connectivity index (χ4v) is 0.612. The molecule has 0 aliphatic rings. The summed E-state index contributed by atoms with van der Waals surface area (Å²) in [5.41, 5.74) is 0. The molecule has 78 valence electrons. The minimum atomic E-state index is -5.31. The number of hydrogen-bond acceptors (Lipinski definition) is 8. The molecule has 0 unspecified atom stereocenters. The van der Waals surface area contributed by atoms with E-state index in [0.29, 0.717) is 0 Å². The van der Waals surface area contributed by atoms with Crippen LogP contribution in [0.15, 0.2) is 0 Å². The second-order valence-electron chi connectivity index (χ2n) is 0.953. The Hall–Kier alpha value is 0.320. The molecule has 0 radical (unpaired) electrons. The van der Waals surface area contributed by atoms with Gasteiger partial charge in [0.05, 0.1) is 24.8 Å². The summed E-state index contributed by atoms with van der Waals surface area (Å²) in [5, 5.41) is 0. The van der Waals surface area contributed by atoms with Crippen molar-refractivity contribution >= 4 is 20.8 Å². The highest BCUT2D eigenvalue weighted by Gasteiger charge is 1.99. The molecule has 0 aliphatic carbocycles. The van der Waals surface area contributed by atoms with Crippen LogP contribution in [-0.2, 0) is 29.5 Å². The minimum Gasteiger partial charge on any atom is -0.724 e. The summed E-state index contributed by atoms with van der Waals surface area (Å²) in [6.07, 6.45) is 0. The monoisotopic (exact) mass is 266 g/mol. The van der Waals surface area contributed by atoms with Gasteiger partial charge in [-0.05, 0) is 0 Å². The summed E-state index contributed by atoms with van der Waals surface area (Å²) < 4.78 is 61.5. The van der Waals surface area contributed by atoms with Gasteiger partial charge in [0.25, 0.3) is 0 Å². The molecule has 0 spiro atoms. The van der Waals surface area contributed by atoms with Gasteiger partial charge in [0, 0.05) is 0 Å². The summed E-state index contributed by atoms with van der Waals surface area (Å²) in [6, 6.07) is 0. The molecule has 0 N–H and O–H groups in total. The zero-order chi connectivity index (χ0) is 8.41. The predicted molar refractivity (Wildman–Crippen MR) is 27.1 cm³/mol. The standard InChI is InChI=1S/2ClH2.H2O8S2/c;;1-9(2,3)7-8-10(4,5)6/h2*1H2;(H,1,2,3)(H,4,5,6)/q2*+1;/p-2. The Morgan fingerprint density at radius 1 is 0.750 bits per heavy atom. The predicted octanol–water partition coefficient (Wildman–Crippen LogP) is -3.22. The Balaban J connectivity index is -0.000000405. The first-order valence-corrected chi connectivity index (χ1v) is 4.17. The van der Waals surface area contributed by atoms with Gasteiger partial charge in [0.15, 0.2) is 0 Å². The minimum absolute atomic E-state index is 0. The summed E-state index contributed by atoms with van der Waals surface area (Å²) in [4.78, 5) is 0. The maximum atomic E-state index is 9.37. The molecule has 0 saturated carbocycles. The van der Waals surface area contributed by atoms with Crippen LogP contribution in [0.4, 0.5) is 0 Å². The van der Waals surface area contributed by atoms with Gasteiger partial charge >= 0.3 is 0 Å². The highest BCUT2D eigenvalue weighted by atomic mass is 35.5. The van der Waals surface area contributed by atoms with Gasteiger partial charge in [-0.15, -0.1) is 8.67 Å². The van der Waals surface area contributed by atoms with E-state index >= 15 is 0 Å². The molecule has 0 amide bonds. The Kier molecular flexibility index (Phi) is 8.90. The van der Waals surface area contributed by atoms with Gasteiger partial charge in [-0.25, -0.2) is 16.8 Å². The van der Waals surface area contributed by atoms with Gasteiger partial charge in [-0.2, -0.15) is 0 Å². The molecular weight excluding hydrogens is 263 g/mol. The number of halogens is 2. The van der Waals surface area contributed by atoms with Crippen molar-refractivity contribution in [1.29, 1.82) is 0 Å². The van der Waals surface area contributed by atoms with E-state index in [1.807, 2.05) is 0 Å². The number of hydrogen-bond donors (Lipinski definition) is 0. The maximum absolute atomic E-state index is 9.37. The van der Waals surface area contributed by atoms with Gasteiger partial charge in [-0.1, -0.05) is 0 Å². The van der Waals surface area contributed by atoms with Crippen LogP contribution >= 0.6 is 0 Å². The third kappa shape index (κ3) is 16.7. The lowest BCUT2D eigenvalue weighted by molar-refractivity contribution is -0.107. The molecule has 0 aromatic heterocycles. The van der Waals surface area contributed by atoms with Crippen molar-refractivity contribution in [3.8, 4) is 0 Å². The maximum Gasteiger partial charge on any atom is 0.246 e. The molecule has 0 rings (SSSR count). The zero-order valence-corrected chi connectivity index (χ0v) is 8.40. The molecule has 0 aromatic rings. The van der Waals surface area contributed by atoms with Crippen LogP contribution in [0.5, 0.6) is 0 Å². The topological polar surface area (TPSA) is 133 Å². The molecule has 12 heteroatoms. The quantitative estimate of drug-likeness (QED) is 0.226. The molecule has 0 aliphatic heterocycles. The third-order valence-corrected chi connectivity index (χ3v) is 0.750. The summed E-state index contributed by atoms with van der Waals surface area (Å²) >= 11 is 0. The lowest BCUT2D eigenvalue weighted by Crippen LogP contribution is -2.10. The van der Waals surface area contributed by atoms with Crippen molar-refractivity contribution in [1.82, 2.24) is 0 Å². The van der Waals surface area contributed by atoms with E-state index in [0.717, 1.165) is 0 Å². The molecule has 0 bridgehead atoms. The summed E-state index contributed by atoms with van der Waals surface area (Å²) in [6.45, 7) is 0. The first-order valence-electron chi connectivity index (χ1n) is 1.50. The smallest absolute Gasteiger partial charge is 0.246 e. The molecule has 0 heterocycles. The number of rotatable bonds is 3. The second kappa shape index (κ2) is 5.88. The van der Waals surface area contributed by atoms with Crippen LogP contribution in [0.1, 0.15) is 0 Å². The summed E-state index contributed by atoms with van der Waals surface area (Å²) in [5.74, 6) is 0. The molecule has 0 saturated heterocycles. The Bertz CT molecular complexity index is 251. The van der Waals surface area contributed by atoms with Crippen LogP contribution in [0.2, 0.25) is 0 Å². The lowest BCUT2D eigenvalue weighted by atomic mass is 14.9. The van der Waals surface area contributed by atoms with Crippen molar-refractivity contribution in [3.63, 3.8) is 0 Å². The average Bonchev–Trinajstić information content (AvgIpc) is 1.57. The molecule has 12 heavy (non-hydrogen) atoms. The third-order valence-electron chi connectivity index (χ3n) is 0.194. The fraction of sp³-hybridized carbons (Fsp3) is 0. The van der Waals surface area contributed by atoms with Crippen LogP contribution in [0, 0.1) is 24.8 Å². The van der Waals surface area contributed by atoms with E-state index in [9.17, 15) is 25.9 Å². The normalized spacial score (nSPS) is 11.2. The molecular formula is H4Cl2O8S2. The molecule has 8 nitrogen and oxygen atoms in total. The van der Waals surface area contributed by atoms with Gasteiger partial charge in [0.2, 0.25) is 20.8 Å². The lowest BCUT2D eigenvalue weighted by Gasteiger charge is -2.07. The summed E-state index contributed by atoms with van der Waals surface area (Å²) in [7, 11) is -10.6. The van der Waals surface area contributed by atoms with E-state index in [1.54, 1.807) is 0 Å². The highest BCUT2D eigenvalue weighted by Crippen LogP contribution is 1.92. The first-order chi connectivity index (χ1) is 4.21. The van der Waals surface area contributed by atoms with Crippen LogP contribution < -0.4 is 0 Å². The van der Waals surface area contributed by atoms with Gasteiger partial charge in [0.1, 0.15) is 0 Å². The second-order valence-corrected chi connectivity index (χ2v) is 2.86. The Morgan fingerprint density at radius 2 is 0.917 bits per heavy atom. The van der Waals surface area contributed by atoms with Crippen molar-refractivity contribution in [2.45, 2.75) is 0 Å². The van der Waals surface area contributed by atoms with Crippen LogP contribution in [0.3, 0.4) is 0 Å². The van der Waals surface area contributed by atoms with E-state index in [1.165, 1.54) is 0 Å². The largest absolute Gasteiger partial charge is 0.724 e. The van der Waals surface area contributed by atoms with Gasteiger partial charge in [-0.3, -0.25) is 0 Å². The molecule has 0 aromatic carbocycles. The van der Waals surface area contributed by atoms with E-state index in [-0.39, 0.29) is 24.8 Å². The SMILES string of the molecule is O=S(=O)([O-])OOS(=O)(=O)[O-].[ClH2+].[ClH2+]. The zero-order valence-electron chi connectivity index (χ0n) is 4.98. The van der Waals surface area contributed by atoms with Crippen molar-refractivity contribution in [3.05, 3.63) is 0 Å². The Morgan fingerprint density at radius 3 is 1.00 bits per heavy atom. The van der Waals surface area contributed by atoms with E-state index in [2.05, 4.69) is 8.67 Å². The van der Waals surface area contributed by atoms with E-state index in [4.69, 9.17) is 0 Å². The van der Waals surface area contributed by atoms with Crippen molar-refractivity contribution < 1.29 is 59.4 Å². The van der Waals surface area contributed by atoms with Gasteiger partial charge < -0.3 is 9.11 Å². The van der Waals surface area contributed by atoms with Crippen LogP contribution in [-0.4, -0.2) is 25.9 Å². The van der Waals surface area contributed by atoms with Crippen molar-refractivity contribution in [2.24, 2.45) is 0 Å². The molecule has 0 atom stereocenters. The van der Waals surface area contributed by atoms with E-state index < -0.39 is 20.8 Å².